The van der Waals surface area contributed by atoms with Gasteiger partial charge in [0.15, 0.2) is 0 Å². The first kappa shape index (κ1) is 25.2. The van der Waals surface area contributed by atoms with Crippen molar-refractivity contribution in [3.05, 3.63) is 95.1 Å². The maximum atomic E-state index is 13.1. The molecule has 186 valence electrons. The van der Waals surface area contributed by atoms with Crippen LogP contribution in [0.1, 0.15) is 33.2 Å². The lowest BCUT2D eigenvalue weighted by molar-refractivity contribution is 0.00331. The fraction of sp³-hybridized carbons (Fsp3) is 0.310. The number of piperazine rings is 1. The highest BCUT2D eigenvalue weighted by Crippen LogP contribution is 2.26. The summed E-state index contributed by atoms with van der Waals surface area (Å²) in [7, 11) is 3.24. The normalized spacial score (nSPS) is 14.6. The summed E-state index contributed by atoms with van der Waals surface area (Å²) in [5.74, 6) is 1.37. The van der Waals surface area contributed by atoms with E-state index in [1.807, 2.05) is 65.6 Å². The lowest BCUT2D eigenvalue weighted by atomic mass is 10.1. The van der Waals surface area contributed by atoms with Crippen molar-refractivity contribution in [1.29, 1.82) is 5.26 Å². The van der Waals surface area contributed by atoms with Gasteiger partial charge in [0, 0.05) is 32.7 Å². The van der Waals surface area contributed by atoms with Crippen molar-refractivity contribution in [2.75, 3.05) is 46.9 Å². The van der Waals surface area contributed by atoms with Crippen LogP contribution in [-0.2, 0) is 11.3 Å². The lowest BCUT2D eigenvalue weighted by Crippen LogP contribution is -2.49. The smallest absolute Gasteiger partial charge is 0.257 e. The number of ether oxygens (including phenoxy) is 3. The SMILES string of the molecule is COc1cccc([C@@H](CN2CCN(C(=O)c3ccccc3OC)CC2)OCc2ccc(C#N)cc2)c1. The molecule has 0 spiro atoms. The Morgan fingerprint density at radius 1 is 0.944 bits per heavy atom. The van der Waals surface area contributed by atoms with Gasteiger partial charge in [0.25, 0.3) is 5.91 Å². The molecule has 0 aliphatic carbocycles. The molecule has 0 N–H and O–H groups in total. The van der Waals surface area contributed by atoms with Gasteiger partial charge in [-0.3, -0.25) is 9.69 Å². The largest absolute Gasteiger partial charge is 0.497 e. The molecule has 1 fully saturated rings. The molecule has 0 bridgehead atoms. The van der Waals surface area contributed by atoms with Gasteiger partial charge in [-0.2, -0.15) is 5.26 Å². The van der Waals surface area contributed by atoms with Gasteiger partial charge in [-0.05, 0) is 47.5 Å². The van der Waals surface area contributed by atoms with Crippen molar-refractivity contribution in [3.8, 4) is 17.6 Å². The summed E-state index contributed by atoms with van der Waals surface area (Å²) in [5, 5.41) is 9.04. The molecule has 0 radical (unpaired) electrons. The number of amides is 1. The second-order valence-electron chi connectivity index (χ2n) is 8.68. The summed E-state index contributed by atoms with van der Waals surface area (Å²) >= 11 is 0. The van der Waals surface area contributed by atoms with Gasteiger partial charge >= 0.3 is 0 Å². The third-order valence-corrected chi connectivity index (χ3v) is 6.42. The summed E-state index contributed by atoms with van der Waals surface area (Å²) in [5.41, 5.74) is 3.27. The van der Waals surface area contributed by atoms with E-state index < -0.39 is 0 Å². The van der Waals surface area contributed by atoms with Gasteiger partial charge in [0.2, 0.25) is 0 Å². The maximum absolute atomic E-state index is 13.1. The van der Waals surface area contributed by atoms with E-state index in [0.29, 0.717) is 43.1 Å². The number of hydrogen-bond acceptors (Lipinski definition) is 6. The zero-order valence-corrected chi connectivity index (χ0v) is 20.7. The number of rotatable bonds is 9. The molecule has 0 saturated carbocycles. The third-order valence-electron chi connectivity index (χ3n) is 6.42. The second kappa shape index (κ2) is 12.2. The van der Waals surface area contributed by atoms with Gasteiger partial charge in [-0.15, -0.1) is 0 Å². The Morgan fingerprint density at radius 3 is 2.39 bits per heavy atom. The molecule has 4 rings (SSSR count). The molecule has 1 aliphatic rings. The molecule has 0 unspecified atom stereocenters. The summed E-state index contributed by atoms with van der Waals surface area (Å²) in [4.78, 5) is 17.3. The summed E-state index contributed by atoms with van der Waals surface area (Å²) in [6.07, 6.45) is -0.174. The summed E-state index contributed by atoms with van der Waals surface area (Å²) in [6, 6.07) is 24.9. The molecule has 7 heteroatoms. The second-order valence-corrected chi connectivity index (χ2v) is 8.68. The Labute approximate surface area is 212 Å². The molecule has 3 aromatic carbocycles. The van der Waals surface area contributed by atoms with Crippen molar-refractivity contribution < 1.29 is 19.0 Å². The predicted molar refractivity (Wildman–Crippen MR) is 137 cm³/mol. The first-order valence-electron chi connectivity index (χ1n) is 12.0. The molecule has 1 heterocycles. The van der Waals surface area contributed by atoms with Crippen molar-refractivity contribution in [3.63, 3.8) is 0 Å². The van der Waals surface area contributed by atoms with Gasteiger partial charge in [-0.1, -0.05) is 36.4 Å². The van der Waals surface area contributed by atoms with E-state index in [2.05, 4.69) is 11.0 Å². The Morgan fingerprint density at radius 2 is 1.69 bits per heavy atom. The van der Waals surface area contributed by atoms with Crippen LogP contribution in [0.4, 0.5) is 0 Å². The summed E-state index contributed by atoms with van der Waals surface area (Å²) in [6.45, 7) is 3.90. The van der Waals surface area contributed by atoms with Crippen LogP contribution in [0.5, 0.6) is 11.5 Å². The molecular formula is C29H31N3O4. The maximum Gasteiger partial charge on any atom is 0.257 e. The molecule has 7 nitrogen and oxygen atoms in total. The van der Waals surface area contributed by atoms with E-state index in [-0.39, 0.29) is 12.0 Å². The molecule has 3 aromatic rings. The highest BCUT2D eigenvalue weighted by molar-refractivity contribution is 5.97. The molecule has 0 aromatic heterocycles. The van der Waals surface area contributed by atoms with E-state index in [9.17, 15) is 4.79 Å². The van der Waals surface area contributed by atoms with E-state index in [0.717, 1.165) is 30.0 Å². The zero-order valence-electron chi connectivity index (χ0n) is 20.7. The molecule has 1 saturated heterocycles. The first-order chi connectivity index (χ1) is 17.6. The Hall–Kier alpha value is -3.86. The van der Waals surface area contributed by atoms with Gasteiger partial charge in [0.05, 0.1) is 44.1 Å². The Kier molecular flexibility index (Phi) is 8.56. The lowest BCUT2D eigenvalue weighted by Gasteiger charge is -2.36. The average Bonchev–Trinajstić information content (AvgIpc) is 2.95. The predicted octanol–water partition coefficient (Wildman–Crippen LogP) is 4.29. The topological polar surface area (TPSA) is 75.0 Å². The quantitative estimate of drug-likeness (QED) is 0.450. The monoisotopic (exact) mass is 485 g/mol. The number of nitriles is 1. The van der Waals surface area contributed by atoms with Crippen LogP contribution in [-0.4, -0.2) is 62.7 Å². The minimum absolute atomic E-state index is 0.00601. The van der Waals surface area contributed by atoms with Crippen LogP contribution in [0.15, 0.2) is 72.8 Å². The molecule has 1 amide bonds. The number of hydrogen-bond donors (Lipinski definition) is 0. The number of carbonyl (C=O) groups is 1. The molecule has 36 heavy (non-hydrogen) atoms. The van der Waals surface area contributed by atoms with Crippen LogP contribution in [0, 0.1) is 11.3 Å². The molecule has 1 atom stereocenters. The summed E-state index contributed by atoms with van der Waals surface area (Å²) < 4.78 is 17.2. The van der Waals surface area contributed by atoms with E-state index in [1.54, 1.807) is 26.4 Å². The van der Waals surface area contributed by atoms with Crippen LogP contribution in [0.2, 0.25) is 0 Å². The standard InChI is InChI=1S/C29H31N3O4/c1-34-25-7-5-6-24(18-25)28(36-21-23-12-10-22(19-30)11-13-23)20-31-14-16-32(17-15-31)29(33)26-8-3-4-9-27(26)35-2/h3-13,18,28H,14-17,20-21H2,1-2H3/t28-/m1/s1. The van der Waals surface area contributed by atoms with Crippen molar-refractivity contribution in [1.82, 2.24) is 9.80 Å². The first-order valence-corrected chi connectivity index (χ1v) is 12.0. The average molecular weight is 486 g/mol. The third kappa shape index (κ3) is 6.22. The minimum Gasteiger partial charge on any atom is -0.497 e. The van der Waals surface area contributed by atoms with E-state index >= 15 is 0 Å². The van der Waals surface area contributed by atoms with Crippen LogP contribution in [0.3, 0.4) is 0 Å². The highest BCUT2D eigenvalue weighted by atomic mass is 16.5. The fourth-order valence-electron chi connectivity index (χ4n) is 4.33. The van der Waals surface area contributed by atoms with Crippen molar-refractivity contribution in [2.45, 2.75) is 12.7 Å². The van der Waals surface area contributed by atoms with E-state index in [1.165, 1.54) is 0 Å². The number of methoxy groups -OCH3 is 2. The molecule has 1 aliphatic heterocycles. The van der Waals surface area contributed by atoms with Crippen LogP contribution >= 0.6 is 0 Å². The number of carbonyl (C=O) groups excluding carboxylic acids is 1. The van der Waals surface area contributed by atoms with Crippen molar-refractivity contribution >= 4 is 5.91 Å². The van der Waals surface area contributed by atoms with Crippen molar-refractivity contribution in [2.24, 2.45) is 0 Å². The number of para-hydroxylation sites is 1. The number of benzene rings is 3. The van der Waals surface area contributed by atoms with Gasteiger partial charge < -0.3 is 19.1 Å². The minimum atomic E-state index is -0.174. The highest BCUT2D eigenvalue weighted by Gasteiger charge is 2.26. The van der Waals surface area contributed by atoms with Crippen LogP contribution < -0.4 is 9.47 Å². The fourth-order valence-corrected chi connectivity index (χ4v) is 4.33. The van der Waals surface area contributed by atoms with E-state index in [4.69, 9.17) is 19.5 Å². The number of nitrogens with zero attached hydrogens (tertiary/aromatic N) is 3. The Balaban J connectivity index is 1.41. The molecular weight excluding hydrogens is 454 g/mol. The van der Waals surface area contributed by atoms with Gasteiger partial charge in [-0.25, -0.2) is 0 Å². The van der Waals surface area contributed by atoms with Crippen LogP contribution in [0.25, 0.3) is 0 Å². The zero-order chi connectivity index (χ0) is 25.3. The van der Waals surface area contributed by atoms with Gasteiger partial charge in [0.1, 0.15) is 11.5 Å². The Bertz CT molecular complexity index is 1200.